The fourth-order valence-electron chi connectivity index (χ4n) is 0. The molecular formula is H7BBaO4. The van der Waals surface area contributed by atoms with Crippen molar-refractivity contribution < 1.29 is 23.4 Å². The average Bonchev–Trinajstić information content (AvgIpc) is 0.811. The van der Waals surface area contributed by atoms with Gasteiger partial charge in [0.2, 0.25) is 0 Å². The molecule has 36 valence electrons. The Hall–Kier alpha value is 1.48. The molecule has 0 bridgehead atoms. The smallest absolute Gasteiger partial charge is 1.00 e. The summed E-state index contributed by atoms with van der Waals surface area (Å²) in [5, 5.41) is 21.5. The minimum atomic E-state index is -2.17. The third-order valence-electron chi connectivity index (χ3n) is 0. The van der Waals surface area contributed by atoms with Crippen LogP contribution in [0.15, 0.2) is 0 Å². The van der Waals surface area contributed by atoms with E-state index in [0.717, 1.165) is 0 Å². The molecule has 0 aliphatic heterocycles. The van der Waals surface area contributed by atoms with Gasteiger partial charge in [-0.15, -0.1) is 0 Å². The second kappa shape index (κ2) is 9.69. The van der Waals surface area contributed by atoms with Gasteiger partial charge in [-0.3, -0.25) is 0 Å². The maximum absolute atomic E-state index is 7.17. The maximum Gasteiger partial charge on any atom is 2.00 e. The van der Waals surface area contributed by atoms with Gasteiger partial charge in [-0.2, -0.15) is 0 Å². The molecule has 0 unspecified atom stereocenters. The molecule has 0 atom stereocenters. The van der Waals surface area contributed by atoms with Gasteiger partial charge < -0.3 is 23.4 Å². The van der Waals surface area contributed by atoms with E-state index in [2.05, 4.69) is 0 Å². The van der Waals surface area contributed by atoms with Crippen molar-refractivity contribution in [3.8, 4) is 0 Å². The largest absolute Gasteiger partial charge is 2.00 e. The topological polar surface area (TPSA) is 92.2 Å². The van der Waals surface area contributed by atoms with Crippen molar-refractivity contribution in [3.05, 3.63) is 0 Å². The van der Waals surface area contributed by atoms with Gasteiger partial charge in [0.15, 0.2) is 0 Å². The van der Waals surface area contributed by atoms with Crippen molar-refractivity contribution in [1.29, 1.82) is 0 Å². The molecule has 0 saturated carbocycles. The first-order valence-corrected chi connectivity index (χ1v) is 0.775. The van der Waals surface area contributed by atoms with E-state index in [0.29, 0.717) is 0 Å². The Balaban J connectivity index is -0.00000000750. The van der Waals surface area contributed by atoms with E-state index in [1.54, 1.807) is 0 Å². The predicted molar refractivity (Wildman–Crippen MR) is 24.0 cm³/mol. The first-order chi connectivity index (χ1) is 1.73. The second-order valence-electron chi connectivity index (χ2n) is 0.346. The van der Waals surface area contributed by atoms with Crippen molar-refractivity contribution in [2.24, 2.45) is 0 Å². The van der Waals surface area contributed by atoms with Crippen molar-refractivity contribution in [3.63, 3.8) is 0 Å². The van der Waals surface area contributed by atoms with Gasteiger partial charge in [0.1, 0.15) is 0 Å². The molecule has 0 aromatic rings. The summed E-state index contributed by atoms with van der Waals surface area (Å²) in [6, 6.07) is 0. The van der Waals surface area contributed by atoms with Crippen LogP contribution in [-0.4, -0.2) is 76.8 Å². The third-order valence-corrected chi connectivity index (χ3v) is 0. The summed E-state index contributed by atoms with van der Waals surface area (Å²) in [5.74, 6) is 0. The standard InChI is InChI=1S/BH3O3.Ba.H2O.2H/c2-1(3)4;;;;/h2-4H;;1H2;;/q;+2;;2*-1. The van der Waals surface area contributed by atoms with Crippen LogP contribution in [0.1, 0.15) is 2.85 Å². The zero-order valence-electron chi connectivity index (χ0n) is 5.13. The molecule has 5 N–H and O–H groups in total. The van der Waals surface area contributed by atoms with Crippen LogP contribution >= 0.6 is 0 Å². The van der Waals surface area contributed by atoms with E-state index < -0.39 is 7.32 Å². The molecule has 0 heterocycles. The van der Waals surface area contributed by atoms with Crippen molar-refractivity contribution in [2.45, 2.75) is 0 Å². The van der Waals surface area contributed by atoms with E-state index in [-0.39, 0.29) is 57.2 Å². The summed E-state index contributed by atoms with van der Waals surface area (Å²) in [4.78, 5) is 0. The van der Waals surface area contributed by atoms with E-state index in [9.17, 15) is 0 Å². The summed E-state index contributed by atoms with van der Waals surface area (Å²) in [6.07, 6.45) is 0. The van der Waals surface area contributed by atoms with Crippen LogP contribution in [0.5, 0.6) is 0 Å². The number of hydrogen-bond donors (Lipinski definition) is 3. The SMILES string of the molecule is O.OB(O)O.[Ba+2].[H-].[H-]. The molecular weight excluding hydrogens is 212 g/mol. The number of rotatable bonds is 0. The Morgan fingerprint density at radius 3 is 1.17 bits per heavy atom. The molecule has 0 aromatic heterocycles. The van der Waals surface area contributed by atoms with E-state index >= 15 is 0 Å². The quantitative estimate of drug-likeness (QED) is 0.378. The summed E-state index contributed by atoms with van der Waals surface area (Å²) in [6.45, 7) is 0. The van der Waals surface area contributed by atoms with Gasteiger partial charge in [-0.1, -0.05) is 0 Å². The molecule has 0 amide bonds. The monoisotopic (exact) mass is 220 g/mol. The normalized spacial score (nSPS) is 4.50. The van der Waals surface area contributed by atoms with Crippen LogP contribution in [0, 0.1) is 0 Å². The zero-order valence-corrected chi connectivity index (χ0v) is 7.57. The molecule has 6 heavy (non-hydrogen) atoms. The minimum absolute atomic E-state index is 0. The van der Waals surface area contributed by atoms with E-state index in [1.165, 1.54) is 0 Å². The molecule has 4 nitrogen and oxygen atoms in total. The van der Waals surface area contributed by atoms with Crippen LogP contribution in [0.4, 0.5) is 0 Å². The molecule has 0 saturated heterocycles. The van der Waals surface area contributed by atoms with Crippen LogP contribution in [0.3, 0.4) is 0 Å². The van der Waals surface area contributed by atoms with Crippen LogP contribution in [0.25, 0.3) is 0 Å². The van der Waals surface area contributed by atoms with Gasteiger partial charge in [0.05, 0.1) is 0 Å². The van der Waals surface area contributed by atoms with Crippen molar-refractivity contribution in [1.82, 2.24) is 0 Å². The molecule has 0 aliphatic rings. The van der Waals surface area contributed by atoms with Crippen LogP contribution in [0.2, 0.25) is 0 Å². The molecule has 0 radical (unpaired) electrons. The first-order valence-electron chi connectivity index (χ1n) is 0.775. The van der Waals surface area contributed by atoms with E-state index in [1.807, 2.05) is 0 Å². The summed E-state index contributed by atoms with van der Waals surface area (Å²) in [7, 11) is -2.17. The average molecular weight is 219 g/mol. The molecule has 0 rings (SSSR count). The zero-order chi connectivity index (χ0) is 3.58. The maximum atomic E-state index is 7.17. The van der Waals surface area contributed by atoms with Gasteiger partial charge in [-0.05, 0) is 0 Å². The first kappa shape index (κ1) is 15.6. The fourth-order valence-corrected chi connectivity index (χ4v) is 0. The predicted octanol–water partition coefficient (Wildman–Crippen LogP) is -3.03. The Kier molecular flexibility index (Phi) is 25.3. The number of hydrogen-bond acceptors (Lipinski definition) is 3. The minimum Gasteiger partial charge on any atom is -1.00 e. The van der Waals surface area contributed by atoms with Gasteiger partial charge in [0.25, 0.3) is 0 Å². The van der Waals surface area contributed by atoms with Gasteiger partial charge >= 0.3 is 56.2 Å². The van der Waals surface area contributed by atoms with Crippen molar-refractivity contribution in [2.75, 3.05) is 0 Å². The summed E-state index contributed by atoms with van der Waals surface area (Å²) < 4.78 is 0. The second-order valence-corrected chi connectivity index (χ2v) is 0.346. The third kappa shape index (κ3) is 50.3. The van der Waals surface area contributed by atoms with Crippen molar-refractivity contribution >= 4 is 56.2 Å². The molecule has 0 fully saturated rings. The summed E-state index contributed by atoms with van der Waals surface area (Å²) in [5.41, 5.74) is 0. The summed E-state index contributed by atoms with van der Waals surface area (Å²) >= 11 is 0. The molecule has 0 aromatic carbocycles. The molecule has 0 spiro atoms. The Morgan fingerprint density at radius 2 is 1.17 bits per heavy atom. The Labute approximate surface area is 78.7 Å². The van der Waals surface area contributed by atoms with Gasteiger partial charge in [-0.25, -0.2) is 0 Å². The Bertz CT molecular complexity index is 18.8. The van der Waals surface area contributed by atoms with E-state index in [4.69, 9.17) is 15.1 Å². The van der Waals surface area contributed by atoms with Gasteiger partial charge in [0, 0.05) is 0 Å². The molecule has 0 aliphatic carbocycles. The Morgan fingerprint density at radius 1 is 1.17 bits per heavy atom. The fraction of sp³-hybridized carbons (Fsp3) is 0. The van der Waals surface area contributed by atoms with Crippen LogP contribution < -0.4 is 0 Å². The molecule has 6 heteroatoms. The van der Waals surface area contributed by atoms with Crippen LogP contribution in [-0.2, 0) is 0 Å².